The van der Waals surface area contributed by atoms with E-state index in [1.807, 2.05) is 64.1 Å². The van der Waals surface area contributed by atoms with Gasteiger partial charge in [-0.05, 0) is 52.0 Å². The summed E-state index contributed by atoms with van der Waals surface area (Å²) in [5.41, 5.74) is 4.35. The minimum atomic E-state index is 0. The molecule has 0 unspecified atom stereocenters. The molecule has 0 aliphatic rings. The molecular formula is C14H18ClN2Pd+. The van der Waals surface area contributed by atoms with Gasteiger partial charge in [0.05, 0.1) is 0 Å². The topological polar surface area (TPSA) is 25.8 Å². The van der Waals surface area contributed by atoms with E-state index in [4.69, 9.17) is 0 Å². The predicted octanol–water partition coefficient (Wildman–Crippen LogP) is 0.398. The van der Waals surface area contributed by atoms with Gasteiger partial charge in [-0.15, -0.1) is 0 Å². The molecule has 0 fully saturated rings. The molecule has 18 heavy (non-hydrogen) atoms. The predicted molar refractivity (Wildman–Crippen MR) is 67.4 cm³/mol. The Kier molecular flexibility index (Phi) is 11.1. The number of hydrogen-bond acceptors (Lipinski definition) is 2. The summed E-state index contributed by atoms with van der Waals surface area (Å²) < 4.78 is 0. The smallest absolute Gasteiger partial charge is 1.00 e. The van der Waals surface area contributed by atoms with Gasteiger partial charge in [-0.25, -0.2) is 0 Å². The van der Waals surface area contributed by atoms with Gasteiger partial charge in [-0.2, -0.15) is 0 Å². The van der Waals surface area contributed by atoms with E-state index in [9.17, 15) is 0 Å². The summed E-state index contributed by atoms with van der Waals surface area (Å²) in [6, 6.07) is 12.0. The number of nitrogens with zero attached hydrogens (tertiary/aromatic N) is 2. The van der Waals surface area contributed by atoms with E-state index >= 15 is 0 Å². The average Bonchev–Trinajstić information content (AvgIpc) is 2.17. The third kappa shape index (κ3) is 8.36. The maximum Gasteiger partial charge on any atom is 2.00 e. The van der Waals surface area contributed by atoms with Crippen LogP contribution in [0, 0.1) is 27.7 Å². The fraction of sp³-hybridized carbons (Fsp3) is 0.286. The summed E-state index contributed by atoms with van der Waals surface area (Å²) in [5, 5.41) is 0. The van der Waals surface area contributed by atoms with Crippen LogP contribution in [0.3, 0.4) is 0 Å². The Morgan fingerprint density at radius 2 is 0.833 bits per heavy atom. The number of aryl methyl sites for hydroxylation is 4. The average molecular weight is 356 g/mol. The number of rotatable bonds is 0. The van der Waals surface area contributed by atoms with E-state index in [1.165, 1.54) is 0 Å². The molecule has 100 valence electrons. The van der Waals surface area contributed by atoms with Crippen molar-refractivity contribution in [1.29, 1.82) is 0 Å². The Labute approximate surface area is 129 Å². The minimum absolute atomic E-state index is 0. The van der Waals surface area contributed by atoms with Gasteiger partial charge in [0.2, 0.25) is 0 Å². The van der Waals surface area contributed by atoms with Crippen LogP contribution in [-0.2, 0) is 20.4 Å². The summed E-state index contributed by atoms with van der Waals surface area (Å²) in [6.07, 6.45) is 0. The molecule has 0 aliphatic carbocycles. The molecule has 2 heterocycles. The maximum absolute atomic E-state index is 4.17. The van der Waals surface area contributed by atoms with E-state index in [1.54, 1.807) is 0 Å². The maximum atomic E-state index is 4.17. The molecule has 0 aromatic carbocycles. The molecule has 4 heteroatoms. The fourth-order valence-electron chi connectivity index (χ4n) is 1.36. The van der Waals surface area contributed by atoms with Gasteiger partial charge < -0.3 is 12.4 Å². The van der Waals surface area contributed by atoms with Crippen LogP contribution in [0.1, 0.15) is 22.8 Å². The van der Waals surface area contributed by atoms with Crippen LogP contribution >= 0.6 is 0 Å². The zero-order chi connectivity index (χ0) is 12.0. The van der Waals surface area contributed by atoms with Crippen LogP contribution in [0.5, 0.6) is 0 Å². The number of halogens is 1. The Morgan fingerprint density at radius 3 is 0.944 bits per heavy atom. The van der Waals surface area contributed by atoms with E-state index in [0.29, 0.717) is 0 Å². The first-order chi connectivity index (χ1) is 7.58. The normalized spacial score (nSPS) is 8.22. The standard InChI is InChI=1S/2C7H9N.ClH.Pd/c2*1-6-4-3-5-7(2)8-6;;/h2*3-5H,1-2H3;1H;/q;;;+2/p-1. The van der Waals surface area contributed by atoms with Gasteiger partial charge in [0.15, 0.2) is 0 Å². The zero-order valence-electron chi connectivity index (χ0n) is 11.1. The van der Waals surface area contributed by atoms with E-state index in [-0.39, 0.29) is 32.8 Å². The second kappa shape index (κ2) is 10.2. The first-order valence-corrected chi connectivity index (χ1v) is 5.38. The van der Waals surface area contributed by atoms with Crippen molar-refractivity contribution in [2.24, 2.45) is 0 Å². The molecule has 2 rings (SSSR count). The van der Waals surface area contributed by atoms with Gasteiger partial charge in [0.1, 0.15) is 0 Å². The first kappa shape index (κ1) is 19.6. The van der Waals surface area contributed by atoms with Crippen molar-refractivity contribution in [3.8, 4) is 0 Å². The zero-order valence-corrected chi connectivity index (χ0v) is 13.4. The van der Waals surface area contributed by atoms with Crippen molar-refractivity contribution < 1.29 is 32.8 Å². The monoisotopic (exact) mass is 355 g/mol. The molecule has 0 saturated carbocycles. The van der Waals surface area contributed by atoms with Gasteiger partial charge in [-0.3, -0.25) is 9.97 Å². The molecule has 0 aliphatic heterocycles. The molecule has 2 nitrogen and oxygen atoms in total. The van der Waals surface area contributed by atoms with Crippen LogP contribution in [-0.4, -0.2) is 9.97 Å². The summed E-state index contributed by atoms with van der Waals surface area (Å²) in [7, 11) is 0. The Balaban J connectivity index is 0. The molecule has 0 radical (unpaired) electrons. The van der Waals surface area contributed by atoms with Crippen molar-refractivity contribution in [3.63, 3.8) is 0 Å². The second-order valence-corrected chi connectivity index (χ2v) is 3.84. The SMILES string of the molecule is Cc1cccc(C)n1.Cc1cccc(C)n1.[Cl-].[Pd+2]. The minimum Gasteiger partial charge on any atom is -1.00 e. The number of pyridine rings is 2. The third-order valence-corrected chi connectivity index (χ3v) is 2.06. The van der Waals surface area contributed by atoms with E-state index < -0.39 is 0 Å². The molecule has 2 aromatic heterocycles. The van der Waals surface area contributed by atoms with Crippen molar-refractivity contribution >= 4 is 0 Å². The largest absolute Gasteiger partial charge is 2.00 e. The van der Waals surface area contributed by atoms with Crippen LogP contribution in [0.15, 0.2) is 36.4 Å². The first-order valence-electron chi connectivity index (χ1n) is 5.38. The van der Waals surface area contributed by atoms with E-state index in [2.05, 4.69) is 9.97 Å². The fourth-order valence-corrected chi connectivity index (χ4v) is 1.36. The second-order valence-electron chi connectivity index (χ2n) is 3.84. The number of aromatic nitrogens is 2. The van der Waals surface area contributed by atoms with Crippen molar-refractivity contribution in [3.05, 3.63) is 59.2 Å². The van der Waals surface area contributed by atoms with Crippen LogP contribution < -0.4 is 12.4 Å². The summed E-state index contributed by atoms with van der Waals surface area (Å²) in [5.74, 6) is 0. The van der Waals surface area contributed by atoms with Gasteiger partial charge in [-0.1, -0.05) is 12.1 Å². The quantitative estimate of drug-likeness (QED) is 0.639. The van der Waals surface area contributed by atoms with Gasteiger partial charge in [0, 0.05) is 22.8 Å². The molecule has 0 bridgehead atoms. The molecule has 0 saturated heterocycles. The van der Waals surface area contributed by atoms with Crippen molar-refractivity contribution in [1.82, 2.24) is 9.97 Å². The molecule has 0 atom stereocenters. The molecule has 2 aromatic rings. The summed E-state index contributed by atoms with van der Waals surface area (Å²) in [6.45, 7) is 7.97. The summed E-state index contributed by atoms with van der Waals surface area (Å²) >= 11 is 0. The third-order valence-electron chi connectivity index (χ3n) is 2.06. The van der Waals surface area contributed by atoms with Gasteiger partial charge >= 0.3 is 20.4 Å². The van der Waals surface area contributed by atoms with Crippen LogP contribution in [0.2, 0.25) is 0 Å². The van der Waals surface area contributed by atoms with Crippen molar-refractivity contribution in [2.75, 3.05) is 0 Å². The van der Waals surface area contributed by atoms with Gasteiger partial charge in [0.25, 0.3) is 0 Å². The van der Waals surface area contributed by atoms with Crippen LogP contribution in [0.4, 0.5) is 0 Å². The van der Waals surface area contributed by atoms with E-state index in [0.717, 1.165) is 22.8 Å². The number of hydrogen-bond donors (Lipinski definition) is 0. The van der Waals surface area contributed by atoms with Crippen LogP contribution in [0.25, 0.3) is 0 Å². The summed E-state index contributed by atoms with van der Waals surface area (Å²) in [4.78, 5) is 8.35. The Bertz CT molecular complexity index is 383. The molecular weight excluding hydrogens is 338 g/mol. The Morgan fingerprint density at radius 1 is 0.611 bits per heavy atom. The Hall–Kier alpha value is -0.748. The molecule has 0 spiro atoms. The van der Waals surface area contributed by atoms with Crippen molar-refractivity contribution in [2.45, 2.75) is 27.7 Å². The molecule has 0 N–H and O–H groups in total. The molecule has 0 amide bonds.